The van der Waals surface area contributed by atoms with Gasteiger partial charge in [0.25, 0.3) is 0 Å². The van der Waals surface area contributed by atoms with Crippen LogP contribution in [0.5, 0.6) is 0 Å². The molecule has 19 heavy (non-hydrogen) atoms. The second-order valence-corrected chi connectivity index (χ2v) is 5.22. The van der Waals surface area contributed by atoms with Crippen LogP contribution in [-0.2, 0) is 11.3 Å². The van der Waals surface area contributed by atoms with Gasteiger partial charge in [-0.15, -0.1) is 0 Å². The molecule has 106 valence electrons. The maximum Gasteiger partial charge on any atom is 0.0667 e. The van der Waals surface area contributed by atoms with Crippen molar-refractivity contribution in [1.29, 1.82) is 0 Å². The third kappa shape index (κ3) is 4.51. The predicted octanol–water partition coefficient (Wildman–Crippen LogP) is 3.12. The van der Waals surface area contributed by atoms with Crippen molar-refractivity contribution >= 4 is 5.69 Å². The van der Waals surface area contributed by atoms with E-state index < -0.39 is 0 Å². The molecule has 1 aromatic carbocycles. The minimum absolute atomic E-state index is 0.470. The summed E-state index contributed by atoms with van der Waals surface area (Å²) in [5, 5.41) is 3.59. The molecule has 0 amide bonds. The Morgan fingerprint density at radius 2 is 2.16 bits per heavy atom. The summed E-state index contributed by atoms with van der Waals surface area (Å²) in [6, 6.07) is 9.25. The Hall–Kier alpha value is -1.06. The Labute approximate surface area is 116 Å². The first-order chi connectivity index (χ1) is 9.31. The van der Waals surface area contributed by atoms with Gasteiger partial charge in [-0.2, -0.15) is 0 Å². The fourth-order valence-corrected chi connectivity index (χ4v) is 2.56. The zero-order valence-electron chi connectivity index (χ0n) is 12.2. The van der Waals surface area contributed by atoms with E-state index in [2.05, 4.69) is 48.3 Å². The van der Waals surface area contributed by atoms with Crippen LogP contribution in [0.3, 0.4) is 0 Å². The van der Waals surface area contributed by atoms with Crippen LogP contribution < -0.4 is 5.32 Å². The Bertz CT molecular complexity index is 371. The molecule has 2 rings (SSSR count). The van der Waals surface area contributed by atoms with Gasteiger partial charge in [-0.1, -0.05) is 26.0 Å². The minimum atomic E-state index is 0.470. The Balaban J connectivity index is 1.94. The molecule has 0 saturated carbocycles. The normalized spacial score (nSPS) is 19.6. The summed E-state index contributed by atoms with van der Waals surface area (Å²) in [5.74, 6) is 0. The van der Waals surface area contributed by atoms with Gasteiger partial charge in [0.15, 0.2) is 0 Å². The molecule has 1 saturated heterocycles. The van der Waals surface area contributed by atoms with E-state index in [0.717, 1.165) is 39.3 Å². The number of nitrogens with zero attached hydrogens (tertiary/aromatic N) is 1. The fourth-order valence-electron chi connectivity index (χ4n) is 2.56. The first-order valence-corrected chi connectivity index (χ1v) is 7.47. The number of hydrogen-bond donors (Lipinski definition) is 1. The molecule has 1 aliphatic rings. The highest BCUT2D eigenvalue weighted by Gasteiger charge is 2.13. The number of benzene rings is 1. The highest BCUT2D eigenvalue weighted by Crippen LogP contribution is 2.17. The van der Waals surface area contributed by atoms with Crippen LogP contribution >= 0.6 is 0 Å². The van der Waals surface area contributed by atoms with E-state index in [-0.39, 0.29) is 0 Å². The molecule has 0 bridgehead atoms. The van der Waals surface area contributed by atoms with Gasteiger partial charge < -0.3 is 10.1 Å². The standard InChI is InChI=1S/C16H26N2O/c1-3-18(4-2)12-14-7-5-8-15(11-14)17-16-9-6-10-19-13-16/h5,7-8,11,16-17H,3-4,6,9-10,12-13H2,1-2H3. The summed E-state index contributed by atoms with van der Waals surface area (Å²) in [6.45, 7) is 9.41. The fraction of sp³-hybridized carbons (Fsp3) is 0.625. The van der Waals surface area contributed by atoms with E-state index in [1.165, 1.54) is 17.7 Å². The lowest BCUT2D eigenvalue weighted by Crippen LogP contribution is -2.30. The quantitative estimate of drug-likeness (QED) is 0.852. The number of anilines is 1. The zero-order valence-corrected chi connectivity index (χ0v) is 12.2. The van der Waals surface area contributed by atoms with Crippen LogP contribution in [0.25, 0.3) is 0 Å². The van der Waals surface area contributed by atoms with Crippen molar-refractivity contribution in [3.8, 4) is 0 Å². The highest BCUT2D eigenvalue weighted by atomic mass is 16.5. The molecule has 0 radical (unpaired) electrons. The van der Waals surface area contributed by atoms with Crippen molar-refractivity contribution < 1.29 is 4.74 Å². The molecule has 0 aliphatic carbocycles. The third-order valence-electron chi connectivity index (χ3n) is 3.76. The zero-order chi connectivity index (χ0) is 13.5. The molecular formula is C16H26N2O. The van der Waals surface area contributed by atoms with E-state index >= 15 is 0 Å². The van der Waals surface area contributed by atoms with Crippen molar-refractivity contribution in [2.24, 2.45) is 0 Å². The average Bonchev–Trinajstić information content (AvgIpc) is 2.46. The molecule has 1 aromatic rings. The van der Waals surface area contributed by atoms with Crippen LogP contribution in [0.15, 0.2) is 24.3 Å². The average molecular weight is 262 g/mol. The molecular weight excluding hydrogens is 236 g/mol. The van der Waals surface area contributed by atoms with Gasteiger partial charge >= 0.3 is 0 Å². The highest BCUT2D eigenvalue weighted by molar-refractivity contribution is 5.46. The maximum absolute atomic E-state index is 5.51. The minimum Gasteiger partial charge on any atom is -0.380 e. The molecule has 1 unspecified atom stereocenters. The summed E-state index contributed by atoms with van der Waals surface area (Å²) < 4.78 is 5.51. The predicted molar refractivity (Wildman–Crippen MR) is 80.5 cm³/mol. The topological polar surface area (TPSA) is 24.5 Å². The molecule has 1 heterocycles. The first-order valence-electron chi connectivity index (χ1n) is 7.47. The van der Waals surface area contributed by atoms with Gasteiger partial charge in [-0.05, 0) is 43.6 Å². The largest absolute Gasteiger partial charge is 0.380 e. The van der Waals surface area contributed by atoms with Gasteiger partial charge in [-0.25, -0.2) is 0 Å². The van der Waals surface area contributed by atoms with Crippen molar-refractivity contribution in [2.45, 2.75) is 39.3 Å². The summed E-state index contributed by atoms with van der Waals surface area (Å²) in [6.07, 6.45) is 2.37. The van der Waals surface area contributed by atoms with Gasteiger partial charge in [-0.3, -0.25) is 4.90 Å². The van der Waals surface area contributed by atoms with Gasteiger partial charge in [0.05, 0.1) is 6.61 Å². The molecule has 3 nitrogen and oxygen atoms in total. The molecule has 1 fully saturated rings. The van der Waals surface area contributed by atoms with E-state index in [1.807, 2.05) is 0 Å². The van der Waals surface area contributed by atoms with Crippen LogP contribution in [0.1, 0.15) is 32.3 Å². The monoisotopic (exact) mass is 262 g/mol. The van der Waals surface area contributed by atoms with E-state index in [9.17, 15) is 0 Å². The lowest BCUT2D eigenvalue weighted by atomic mass is 10.1. The van der Waals surface area contributed by atoms with E-state index in [1.54, 1.807) is 0 Å². The maximum atomic E-state index is 5.51. The van der Waals surface area contributed by atoms with Crippen LogP contribution in [-0.4, -0.2) is 37.2 Å². The molecule has 1 N–H and O–H groups in total. The number of hydrogen-bond acceptors (Lipinski definition) is 3. The van der Waals surface area contributed by atoms with Gasteiger partial charge in [0.1, 0.15) is 0 Å². The second-order valence-electron chi connectivity index (χ2n) is 5.22. The number of ether oxygens (including phenoxy) is 1. The van der Waals surface area contributed by atoms with Gasteiger partial charge in [0, 0.05) is 24.9 Å². The second kappa shape index (κ2) is 7.51. The van der Waals surface area contributed by atoms with Crippen molar-refractivity contribution in [3.05, 3.63) is 29.8 Å². The SMILES string of the molecule is CCN(CC)Cc1cccc(NC2CCCOC2)c1. The van der Waals surface area contributed by atoms with Crippen LogP contribution in [0.4, 0.5) is 5.69 Å². The van der Waals surface area contributed by atoms with Crippen molar-refractivity contribution in [1.82, 2.24) is 4.90 Å². The molecule has 1 atom stereocenters. The molecule has 0 aromatic heterocycles. The van der Waals surface area contributed by atoms with E-state index in [4.69, 9.17) is 4.74 Å². The molecule has 3 heteroatoms. The summed E-state index contributed by atoms with van der Waals surface area (Å²) >= 11 is 0. The third-order valence-corrected chi connectivity index (χ3v) is 3.76. The number of nitrogens with one attached hydrogen (secondary N) is 1. The Morgan fingerprint density at radius 1 is 1.32 bits per heavy atom. The van der Waals surface area contributed by atoms with Gasteiger partial charge in [0.2, 0.25) is 0 Å². The smallest absolute Gasteiger partial charge is 0.0667 e. The molecule has 0 spiro atoms. The van der Waals surface area contributed by atoms with Crippen molar-refractivity contribution in [2.75, 3.05) is 31.6 Å². The summed E-state index contributed by atoms with van der Waals surface area (Å²) in [5.41, 5.74) is 2.60. The Kier molecular flexibility index (Phi) is 5.67. The Morgan fingerprint density at radius 3 is 2.84 bits per heavy atom. The lowest BCUT2D eigenvalue weighted by molar-refractivity contribution is 0.0876. The molecule has 1 aliphatic heterocycles. The van der Waals surface area contributed by atoms with Crippen LogP contribution in [0.2, 0.25) is 0 Å². The lowest BCUT2D eigenvalue weighted by Gasteiger charge is -2.24. The first kappa shape index (κ1) is 14.4. The van der Waals surface area contributed by atoms with Crippen LogP contribution in [0, 0.1) is 0 Å². The number of rotatable bonds is 6. The van der Waals surface area contributed by atoms with E-state index in [0.29, 0.717) is 6.04 Å². The summed E-state index contributed by atoms with van der Waals surface area (Å²) in [7, 11) is 0. The summed E-state index contributed by atoms with van der Waals surface area (Å²) in [4.78, 5) is 2.43. The van der Waals surface area contributed by atoms with Crippen molar-refractivity contribution in [3.63, 3.8) is 0 Å².